The van der Waals surface area contributed by atoms with E-state index in [1.165, 1.54) is 36.4 Å². The highest BCUT2D eigenvalue weighted by Gasteiger charge is 2.36. The molecule has 1 saturated heterocycles. The Morgan fingerprint density at radius 2 is 1.57 bits per heavy atom. The number of amides is 1. The Bertz CT molecular complexity index is 1250. The zero-order valence-electron chi connectivity index (χ0n) is 18.9. The molecule has 3 aromatic carbocycles. The van der Waals surface area contributed by atoms with E-state index in [9.17, 15) is 24.5 Å². The van der Waals surface area contributed by atoms with Crippen molar-refractivity contribution in [3.63, 3.8) is 0 Å². The number of carbonyl (C=O) groups is 3. The summed E-state index contributed by atoms with van der Waals surface area (Å²) in [6.07, 6.45) is 0.0373. The first kappa shape index (κ1) is 23.6. The number of nitrogens with zero attached hydrogens (tertiary/aromatic N) is 2. The van der Waals surface area contributed by atoms with Crippen molar-refractivity contribution in [3.8, 4) is 11.5 Å². The molecule has 9 nitrogen and oxygen atoms in total. The van der Waals surface area contributed by atoms with Crippen molar-refractivity contribution in [3.05, 3.63) is 94.0 Å². The minimum absolute atomic E-state index is 0.0373. The van der Waals surface area contributed by atoms with E-state index in [1.54, 1.807) is 17.0 Å². The lowest BCUT2D eigenvalue weighted by Gasteiger charge is -2.16. The van der Waals surface area contributed by atoms with Gasteiger partial charge in [0.15, 0.2) is 12.4 Å². The summed E-state index contributed by atoms with van der Waals surface area (Å²) in [5.41, 5.74) is 2.08. The fourth-order valence-corrected chi connectivity index (χ4v) is 3.66. The van der Waals surface area contributed by atoms with Crippen LogP contribution in [0.2, 0.25) is 0 Å². The monoisotopic (exact) mass is 474 g/mol. The van der Waals surface area contributed by atoms with Crippen molar-refractivity contribution >= 4 is 29.0 Å². The second-order valence-corrected chi connectivity index (χ2v) is 8.15. The first-order valence-electron chi connectivity index (χ1n) is 10.9. The molecule has 3 aromatic rings. The molecule has 1 atom stereocenters. The van der Waals surface area contributed by atoms with Crippen LogP contribution in [-0.2, 0) is 14.3 Å². The topological polar surface area (TPSA) is 116 Å². The van der Waals surface area contributed by atoms with Gasteiger partial charge in [0.25, 0.3) is 5.69 Å². The van der Waals surface area contributed by atoms with Crippen LogP contribution >= 0.6 is 0 Å². The third-order valence-electron chi connectivity index (χ3n) is 5.61. The average Bonchev–Trinajstić information content (AvgIpc) is 3.25. The maximum atomic E-state index is 12.5. The molecule has 0 radical (unpaired) electrons. The van der Waals surface area contributed by atoms with E-state index < -0.39 is 23.4 Å². The number of anilines is 1. The van der Waals surface area contributed by atoms with Gasteiger partial charge >= 0.3 is 5.97 Å². The summed E-state index contributed by atoms with van der Waals surface area (Å²) < 4.78 is 10.8. The van der Waals surface area contributed by atoms with E-state index in [2.05, 4.69) is 0 Å². The number of aryl methyl sites for hydroxylation is 1. The molecule has 0 saturated carbocycles. The van der Waals surface area contributed by atoms with Gasteiger partial charge < -0.3 is 14.4 Å². The van der Waals surface area contributed by atoms with Gasteiger partial charge in [-0.05, 0) is 55.5 Å². The molecule has 0 aliphatic carbocycles. The van der Waals surface area contributed by atoms with Gasteiger partial charge in [0.05, 0.1) is 10.8 Å². The second kappa shape index (κ2) is 10.2. The van der Waals surface area contributed by atoms with Crippen LogP contribution in [0.15, 0.2) is 72.8 Å². The molecule has 1 fully saturated rings. The fourth-order valence-electron chi connectivity index (χ4n) is 3.66. The van der Waals surface area contributed by atoms with Gasteiger partial charge in [-0.3, -0.25) is 24.5 Å². The molecule has 1 heterocycles. The molecule has 35 heavy (non-hydrogen) atoms. The van der Waals surface area contributed by atoms with Crippen molar-refractivity contribution in [2.45, 2.75) is 13.3 Å². The van der Waals surface area contributed by atoms with Crippen LogP contribution in [0.25, 0.3) is 0 Å². The zero-order valence-corrected chi connectivity index (χ0v) is 18.9. The summed E-state index contributed by atoms with van der Waals surface area (Å²) in [4.78, 5) is 49.1. The molecule has 1 aliphatic rings. The second-order valence-electron chi connectivity index (χ2n) is 8.15. The van der Waals surface area contributed by atoms with E-state index in [4.69, 9.17) is 9.47 Å². The number of hydrogen-bond acceptors (Lipinski definition) is 7. The Morgan fingerprint density at radius 1 is 0.971 bits per heavy atom. The number of Topliss-reactive ketones (excluding diaryl/α,β-unsaturated/α-hetero) is 1. The molecule has 0 bridgehead atoms. The predicted octanol–water partition coefficient (Wildman–Crippen LogP) is 4.47. The molecule has 1 unspecified atom stereocenters. The minimum atomic E-state index is -0.630. The molecule has 0 aromatic heterocycles. The Balaban J connectivity index is 1.28. The Kier molecular flexibility index (Phi) is 6.86. The summed E-state index contributed by atoms with van der Waals surface area (Å²) >= 11 is 0. The standard InChI is InChI=1S/C26H22N2O7/c1-17-2-6-20(7-3-17)27-15-19(14-25(27)30)26(31)34-16-24(29)18-4-10-22(11-5-18)35-23-12-8-21(9-13-23)28(32)33/h2-13,19H,14-16H2,1H3. The van der Waals surface area contributed by atoms with E-state index in [1.807, 2.05) is 31.2 Å². The Morgan fingerprint density at radius 3 is 2.17 bits per heavy atom. The van der Waals surface area contributed by atoms with Crippen LogP contribution in [0.1, 0.15) is 22.3 Å². The minimum Gasteiger partial charge on any atom is -0.457 e. The van der Waals surface area contributed by atoms with Crippen LogP contribution in [-0.4, -0.2) is 35.7 Å². The van der Waals surface area contributed by atoms with Crippen LogP contribution in [0, 0.1) is 23.0 Å². The number of nitro benzene ring substituents is 1. The van der Waals surface area contributed by atoms with Crippen LogP contribution in [0.3, 0.4) is 0 Å². The van der Waals surface area contributed by atoms with Crippen molar-refractivity contribution in [2.24, 2.45) is 5.92 Å². The quantitative estimate of drug-likeness (QED) is 0.205. The molecular weight excluding hydrogens is 452 g/mol. The van der Waals surface area contributed by atoms with Crippen LogP contribution in [0.4, 0.5) is 11.4 Å². The first-order chi connectivity index (χ1) is 16.8. The maximum Gasteiger partial charge on any atom is 0.311 e. The smallest absolute Gasteiger partial charge is 0.311 e. The van der Waals surface area contributed by atoms with Crippen molar-refractivity contribution in [2.75, 3.05) is 18.1 Å². The molecule has 0 spiro atoms. The predicted molar refractivity (Wildman–Crippen MR) is 127 cm³/mol. The van der Waals surface area contributed by atoms with E-state index in [0.717, 1.165) is 11.3 Å². The Labute approximate surface area is 201 Å². The molecule has 1 aliphatic heterocycles. The van der Waals surface area contributed by atoms with Crippen molar-refractivity contribution in [1.82, 2.24) is 0 Å². The molecule has 9 heteroatoms. The molecule has 178 valence electrons. The van der Waals surface area contributed by atoms with Gasteiger partial charge in [-0.2, -0.15) is 0 Å². The number of benzene rings is 3. The fraction of sp³-hybridized carbons (Fsp3) is 0.192. The SMILES string of the molecule is Cc1ccc(N2CC(C(=O)OCC(=O)c3ccc(Oc4ccc([N+](=O)[O-])cc4)cc3)CC2=O)cc1. The largest absolute Gasteiger partial charge is 0.457 e. The summed E-state index contributed by atoms with van der Waals surface area (Å²) in [6.45, 7) is 1.73. The van der Waals surface area contributed by atoms with Crippen molar-refractivity contribution < 1.29 is 28.8 Å². The Hall–Kier alpha value is -4.53. The lowest BCUT2D eigenvalue weighted by Crippen LogP contribution is -2.27. The van der Waals surface area contributed by atoms with Gasteiger partial charge in [0.2, 0.25) is 5.91 Å². The zero-order chi connectivity index (χ0) is 24.9. The number of hydrogen-bond donors (Lipinski definition) is 0. The van der Waals surface area contributed by atoms with E-state index >= 15 is 0 Å². The number of rotatable bonds is 8. The number of nitro groups is 1. The number of ketones is 1. The average molecular weight is 474 g/mol. The highest BCUT2D eigenvalue weighted by atomic mass is 16.6. The van der Waals surface area contributed by atoms with E-state index in [-0.39, 0.29) is 30.3 Å². The van der Waals surface area contributed by atoms with Crippen LogP contribution < -0.4 is 9.64 Å². The highest BCUT2D eigenvalue weighted by molar-refractivity contribution is 6.01. The molecule has 0 N–H and O–H groups in total. The van der Waals surface area contributed by atoms with Crippen molar-refractivity contribution in [1.29, 1.82) is 0 Å². The normalized spacial score (nSPS) is 15.1. The summed E-state index contributed by atoms with van der Waals surface area (Å²) in [6, 6.07) is 19.3. The van der Waals surface area contributed by atoms with Gasteiger partial charge in [-0.1, -0.05) is 17.7 Å². The molecule has 1 amide bonds. The van der Waals surface area contributed by atoms with Gasteiger partial charge in [-0.15, -0.1) is 0 Å². The number of ether oxygens (including phenoxy) is 2. The molecular formula is C26H22N2O7. The maximum absolute atomic E-state index is 12.5. The third-order valence-corrected chi connectivity index (χ3v) is 5.61. The number of non-ortho nitro benzene ring substituents is 1. The summed E-state index contributed by atoms with van der Waals surface area (Å²) in [5.74, 6) is -0.915. The highest BCUT2D eigenvalue weighted by Crippen LogP contribution is 2.27. The first-order valence-corrected chi connectivity index (χ1v) is 10.9. The van der Waals surface area contributed by atoms with Crippen LogP contribution in [0.5, 0.6) is 11.5 Å². The van der Waals surface area contributed by atoms with Gasteiger partial charge in [0, 0.05) is 36.3 Å². The summed E-state index contributed by atoms with van der Waals surface area (Å²) in [7, 11) is 0. The lowest BCUT2D eigenvalue weighted by molar-refractivity contribution is -0.384. The number of esters is 1. The molecule has 4 rings (SSSR count). The van der Waals surface area contributed by atoms with Gasteiger partial charge in [-0.25, -0.2) is 0 Å². The third kappa shape index (κ3) is 5.70. The van der Waals surface area contributed by atoms with Gasteiger partial charge in [0.1, 0.15) is 11.5 Å². The van der Waals surface area contributed by atoms with E-state index in [0.29, 0.717) is 17.1 Å². The summed E-state index contributed by atoms with van der Waals surface area (Å²) in [5, 5.41) is 10.7. The number of carbonyl (C=O) groups excluding carboxylic acids is 3. The lowest BCUT2D eigenvalue weighted by atomic mass is 10.1.